The van der Waals surface area contributed by atoms with Crippen molar-refractivity contribution >= 4 is 16.9 Å². The van der Waals surface area contributed by atoms with Crippen LogP contribution in [0.3, 0.4) is 0 Å². The highest BCUT2D eigenvalue weighted by molar-refractivity contribution is 5.85. The van der Waals surface area contributed by atoms with E-state index >= 15 is 0 Å². The van der Waals surface area contributed by atoms with Crippen LogP contribution in [0.15, 0.2) is 33.0 Å². The summed E-state index contributed by atoms with van der Waals surface area (Å²) in [6.07, 6.45) is 16.2. The lowest BCUT2D eigenvalue weighted by Gasteiger charge is -2.58. The van der Waals surface area contributed by atoms with E-state index in [2.05, 4.69) is 40.7 Å². The topological polar surface area (TPSA) is 65.7 Å². The first-order chi connectivity index (χ1) is 21.8. The number of carbonyl (C=O) groups excluding carboxylic acids is 1. The molecule has 0 aliphatic heterocycles. The first-order valence-electron chi connectivity index (χ1n) is 18.4. The van der Waals surface area contributed by atoms with Gasteiger partial charge in [0.15, 0.2) is 6.61 Å². The predicted molar refractivity (Wildman–Crippen MR) is 185 cm³/mol. The molecule has 0 spiro atoms. The van der Waals surface area contributed by atoms with E-state index in [1.54, 1.807) is 6.92 Å². The van der Waals surface area contributed by atoms with Crippen molar-refractivity contribution in [1.29, 1.82) is 0 Å². The summed E-state index contributed by atoms with van der Waals surface area (Å²) in [6, 6.07) is 3.75. The number of esters is 1. The first-order valence-corrected chi connectivity index (χ1v) is 18.4. The highest BCUT2D eigenvalue weighted by Gasteiger charge is 2.59. The lowest BCUT2D eigenvalue weighted by Crippen LogP contribution is -2.51. The molecule has 0 N–H and O–H groups in total. The van der Waals surface area contributed by atoms with Gasteiger partial charge in [0.05, 0.1) is 0 Å². The Kier molecular flexibility index (Phi) is 9.28. The maximum Gasteiger partial charge on any atom is 0.344 e. The van der Waals surface area contributed by atoms with E-state index in [1.807, 2.05) is 26.0 Å². The summed E-state index contributed by atoms with van der Waals surface area (Å²) < 4.78 is 17.5. The standard InChI is InChI=1S/C41H58O5/c1-24(2)10-9-11-25(3)33-15-16-34-32-13-12-29-22-30(18-20-40(29,7)35(32)19-21-41(33,34)8)45-37(42)23-44-36-17-14-31-26(4)27(5)39(43)46-38(31)28(36)6/h12,14,17,24-25,30,32-35H,9-11,13,15-16,18-23H2,1-8H3/t25-,30+,32+,33-,34-,35-,40+,41-/m1/s1. The number of fused-ring (bicyclic) bond motifs is 6. The molecule has 4 aliphatic carbocycles. The first kappa shape index (κ1) is 33.3. The SMILES string of the molecule is Cc1c(C)c2ccc(OCC(=O)O[C@H]3CC[C@@]4(C)C(=CC[C@H]5[C@H]6CC[C@H]([C@H](C)CCCC(C)C)[C@@]6(C)CC[C@H]54)C3)c(C)c2oc1=O. The molecule has 1 heterocycles. The normalized spacial score (nSPS) is 32.8. The zero-order chi connectivity index (χ0) is 33.0. The lowest BCUT2D eigenvalue weighted by atomic mass is 9.47. The van der Waals surface area contributed by atoms with E-state index in [0.717, 1.165) is 71.3 Å². The summed E-state index contributed by atoms with van der Waals surface area (Å²) in [5, 5.41) is 0.889. The van der Waals surface area contributed by atoms with Crippen molar-refractivity contribution < 1.29 is 18.7 Å². The minimum atomic E-state index is -0.339. The van der Waals surface area contributed by atoms with E-state index < -0.39 is 0 Å². The van der Waals surface area contributed by atoms with E-state index in [4.69, 9.17) is 13.9 Å². The average Bonchev–Trinajstić information content (AvgIpc) is 3.37. The molecule has 46 heavy (non-hydrogen) atoms. The molecule has 0 amide bonds. The second kappa shape index (κ2) is 12.8. The number of allylic oxidation sites excluding steroid dienone is 1. The van der Waals surface area contributed by atoms with Crippen LogP contribution in [-0.4, -0.2) is 18.7 Å². The monoisotopic (exact) mass is 630 g/mol. The minimum Gasteiger partial charge on any atom is -0.481 e. The summed E-state index contributed by atoms with van der Waals surface area (Å²) in [5.74, 6) is 5.14. The molecule has 0 saturated heterocycles. The molecule has 5 nitrogen and oxygen atoms in total. The Hall–Kier alpha value is -2.56. The zero-order valence-corrected chi connectivity index (χ0v) is 29.8. The summed E-state index contributed by atoms with van der Waals surface area (Å²) >= 11 is 0. The third-order valence-electron chi connectivity index (χ3n) is 13.7. The van der Waals surface area contributed by atoms with Gasteiger partial charge in [-0.05, 0) is 130 Å². The van der Waals surface area contributed by atoms with E-state index in [1.165, 1.54) is 56.9 Å². The Bertz CT molecular complexity index is 1550. The van der Waals surface area contributed by atoms with Crippen molar-refractivity contribution in [1.82, 2.24) is 0 Å². The smallest absolute Gasteiger partial charge is 0.344 e. The van der Waals surface area contributed by atoms with Gasteiger partial charge in [-0.25, -0.2) is 9.59 Å². The van der Waals surface area contributed by atoms with Crippen molar-refractivity contribution in [3.8, 4) is 5.75 Å². The van der Waals surface area contributed by atoms with Crippen LogP contribution in [-0.2, 0) is 9.53 Å². The van der Waals surface area contributed by atoms with E-state index in [9.17, 15) is 9.59 Å². The number of hydrogen-bond donors (Lipinski definition) is 0. The Labute approximate surface area is 276 Å². The third kappa shape index (κ3) is 5.87. The van der Waals surface area contributed by atoms with Gasteiger partial charge in [-0.3, -0.25) is 0 Å². The summed E-state index contributed by atoms with van der Waals surface area (Å²) in [5.41, 5.74) is 4.68. The Balaban J connectivity index is 1.07. The summed E-state index contributed by atoms with van der Waals surface area (Å²) in [6.45, 7) is 17.9. The van der Waals surface area contributed by atoms with Crippen LogP contribution >= 0.6 is 0 Å². The van der Waals surface area contributed by atoms with Gasteiger partial charge in [0.25, 0.3) is 0 Å². The number of benzene rings is 1. The maximum atomic E-state index is 13.0. The molecule has 8 atom stereocenters. The molecular weight excluding hydrogens is 572 g/mol. The molecule has 2 aromatic rings. The van der Waals surface area contributed by atoms with Crippen LogP contribution in [0, 0.1) is 67.1 Å². The third-order valence-corrected chi connectivity index (χ3v) is 13.7. The molecule has 252 valence electrons. The van der Waals surface area contributed by atoms with Gasteiger partial charge in [-0.1, -0.05) is 65.5 Å². The molecule has 0 radical (unpaired) electrons. The number of carbonyl (C=O) groups is 1. The summed E-state index contributed by atoms with van der Waals surface area (Å²) in [7, 11) is 0. The lowest BCUT2D eigenvalue weighted by molar-refractivity contribution is -0.153. The minimum absolute atomic E-state index is 0.0928. The quantitative estimate of drug-likeness (QED) is 0.157. The maximum absolute atomic E-state index is 13.0. The van der Waals surface area contributed by atoms with Crippen molar-refractivity contribution in [3.05, 3.63) is 50.9 Å². The van der Waals surface area contributed by atoms with Crippen molar-refractivity contribution in [2.45, 2.75) is 132 Å². The molecule has 3 fully saturated rings. The molecular formula is C41H58O5. The average molecular weight is 631 g/mol. The molecule has 5 heteroatoms. The predicted octanol–water partition coefficient (Wildman–Crippen LogP) is 10.1. The summed E-state index contributed by atoms with van der Waals surface area (Å²) in [4.78, 5) is 25.3. The van der Waals surface area contributed by atoms with Gasteiger partial charge in [-0.2, -0.15) is 0 Å². The molecule has 6 rings (SSSR count). The van der Waals surface area contributed by atoms with Gasteiger partial charge < -0.3 is 13.9 Å². The molecule has 4 aliphatic rings. The fourth-order valence-electron chi connectivity index (χ4n) is 10.9. The molecule has 1 aromatic heterocycles. The molecule has 0 bridgehead atoms. The second-order valence-electron chi connectivity index (χ2n) is 16.6. The van der Waals surface area contributed by atoms with Gasteiger partial charge in [-0.15, -0.1) is 0 Å². The largest absolute Gasteiger partial charge is 0.481 e. The number of aryl methyl sites for hydroxylation is 2. The van der Waals surface area contributed by atoms with Crippen LogP contribution < -0.4 is 10.4 Å². The Morgan fingerprint density at radius 2 is 1.74 bits per heavy atom. The van der Waals surface area contributed by atoms with Crippen LogP contribution in [0.4, 0.5) is 0 Å². The van der Waals surface area contributed by atoms with Crippen LogP contribution in [0.1, 0.15) is 122 Å². The van der Waals surface area contributed by atoms with Gasteiger partial charge in [0.1, 0.15) is 17.4 Å². The number of rotatable bonds is 9. The van der Waals surface area contributed by atoms with Crippen molar-refractivity contribution in [2.24, 2.45) is 46.3 Å². The number of ether oxygens (including phenoxy) is 2. The molecule has 0 unspecified atom stereocenters. The Morgan fingerprint density at radius 3 is 2.50 bits per heavy atom. The van der Waals surface area contributed by atoms with Crippen molar-refractivity contribution in [3.63, 3.8) is 0 Å². The molecule has 3 saturated carbocycles. The van der Waals surface area contributed by atoms with Gasteiger partial charge in [0, 0.05) is 22.9 Å². The zero-order valence-electron chi connectivity index (χ0n) is 29.8. The molecule has 1 aromatic carbocycles. The fourth-order valence-corrected chi connectivity index (χ4v) is 10.9. The van der Waals surface area contributed by atoms with Crippen molar-refractivity contribution in [2.75, 3.05) is 6.61 Å². The highest BCUT2D eigenvalue weighted by Crippen LogP contribution is 2.67. The van der Waals surface area contributed by atoms with Crippen LogP contribution in [0.5, 0.6) is 5.75 Å². The van der Waals surface area contributed by atoms with E-state index in [-0.39, 0.29) is 29.7 Å². The fraction of sp³-hybridized carbons (Fsp3) is 0.707. The second-order valence-corrected chi connectivity index (χ2v) is 16.6. The highest BCUT2D eigenvalue weighted by atomic mass is 16.6. The van der Waals surface area contributed by atoms with Gasteiger partial charge in [0.2, 0.25) is 0 Å². The van der Waals surface area contributed by atoms with Crippen LogP contribution in [0.25, 0.3) is 11.0 Å². The van der Waals surface area contributed by atoms with Gasteiger partial charge >= 0.3 is 11.6 Å². The van der Waals surface area contributed by atoms with Crippen LogP contribution in [0.2, 0.25) is 0 Å². The Morgan fingerprint density at radius 1 is 0.957 bits per heavy atom. The number of hydrogen-bond acceptors (Lipinski definition) is 5. The van der Waals surface area contributed by atoms with E-state index in [0.29, 0.717) is 22.3 Å².